The summed E-state index contributed by atoms with van der Waals surface area (Å²) in [5, 5.41) is 13.7. The van der Waals surface area contributed by atoms with Gasteiger partial charge < -0.3 is 10.4 Å². The molecule has 0 saturated heterocycles. The average molecular weight is 335 g/mol. The van der Waals surface area contributed by atoms with E-state index in [0.29, 0.717) is 0 Å². The van der Waals surface area contributed by atoms with E-state index >= 15 is 0 Å². The zero-order valence-electron chi connectivity index (χ0n) is 11.0. The Bertz CT molecular complexity index is 372. The van der Waals surface area contributed by atoms with E-state index in [0.717, 1.165) is 35.4 Å². The van der Waals surface area contributed by atoms with Crippen LogP contribution in [0.5, 0.6) is 0 Å². The van der Waals surface area contributed by atoms with Gasteiger partial charge >= 0.3 is 0 Å². The van der Waals surface area contributed by atoms with Crippen LogP contribution in [-0.2, 0) is 6.54 Å². The third kappa shape index (κ3) is 4.23. The van der Waals surface area contributed by atoms with Gasteiger partial charge in [0.15, 0.2) is 0 Å². The summed E-state index contributed by atoms with van der Waals surface area (Å²) in [6, 6.07) is 5.80. The van der Waals surface area contributed by atoms with Crippen molar-refractivity contribution >= 4 is 27.5 Å². The minimum atomic E-state index is -0.00109. The van der Waals surface area contributed by atoms with E-state index in [1.54, 1.807) is 0 Å². The molecule has 0 aliphatic rings. The SMILES string of the molecule is CCC(CC)(CO)CNCc1ccc(Cl)cc1Br. The molecule has 0 aromatic heterocycles. The van der Waals surface area contributed by atoms with E-state index in [1.165, 1.54) is 5.56 Å². The quantitative estimate of drug-likeness (QED) is 0.790. The van der Waals surface area contributed by atoms with E-state index in [-0.39, 0.29) is 12.0 Å². The van der Waals surface area contributed by atoms with Crippen LogP contribution < -0.4 is 5.32 Å². The van der Waals surface area contributed by atoms with Gasteiger partial charge in [0.1, 0.15) is 0 Å². The fourth-order valence-corrected chi connectivity index (χ4v) is 2.73. The Balaban J connectivity index is 2.55. The zero-order valence-corrected chi connectivity index (χ0v) is 13.3. The largest absolute Gasteiger partial charge is 0.396 e. The highest BCUT2D eigenvalue weighted by Gasteiger charge is 2.24. The molecule has 18 heavy (non-hydrogen) atoms. The summed E-state index contributed by atoms with van der Waals surface area (Å²) < 4.78 is 1.02. The fraction of sp³-hybridized carbons (Fsp3) is 0.571. The van der Waals surface area contributed by atoms with Gasteiger partial charge in [0.05, 0.1) is 0 Å². The van der Waals surface area contributed by atoms with Crippen LogP contribution in [0.2, 0.25) is 5.02 Å². The third-order valence-electron chi connectivity index (χ3n) is 3.67. The number of aliphatic hydroxyl groups is 1. The van der Waals surface area contributed by atoms with E-state index in [9.17, 15) is 5.11 Å². The maximum Gasteiger partial charge on any atom is 0.0499 e. The van der Waals surface area contributed by atoms with Crippen molar-refractivity contribution in [2.24, 2.45) is 5.41 Å². The van der Waals surface area contributed by atoms with Gasteiger partial charge in [0, 0.05) is 34.6 Å². The molecule has 0 bridgehead atoms. The van der Waals surface area contributed by atoms with Crippen molar-refractivity contribution in [2.45, 2.75) is 33.2 Å². The molecule has 4 heteroatoms. The lowest BCUT2D eigenvalue weighted by molar-refractivity contribution is 0.113. The predicted octanol–water partition coefficient (Wildman–Crippen LogP) is 3.99. The van der Waals surface area contributed by atoms with Crippen LogP contribution in [0.1, 0.15) is 32.3 Å². The lowest BCUT2D eigenvalue weighted by Crippen LogP contribution is -2.36. The Kier molecular flexibility index (Phi) is 6.64. The number of hydrogen-bond acceptors (Lipinski definition) is 2. The Hall–Kier alpha value is -0.0900. The third-order valence-corrected chi connectivity index (χ3v) is 4.64. The second-order valence-corrected chi connectivity index (χ2v) is 6.00. The summed E-state index contributed by atoms with van der Waals surface area (Å²) in [5.74, 6) is 0. The van der Waals surface area contributed by atoms with Crippen LogP contribution in [0.4, 0.5) is 0 Å². The van der Waals surface area contributed by atoms with E-state index in [2.05, 4.69) is 35.1 Å². The summed E-state index contributed by atoms with van der Waals surface area (Å²) in [6.45, 7) is 6.08. The summed E-state index contributed by atoms with van der Waals surface area (Å²) in [7, 11) is 0. The maximum atomic E-state index is 9.50. The lowest BCUT2D eigenvalue weighted by atomic mass is 9.83. The smallest absolute Gasteiger partial charge is 0.0499 e. The van der Waals surface area contributed by atoms with E-state index < -0.39 is 0 Å². The summed E-state index contributed by atoms with van der Waals surface area (Å²) in [4.78, 5) is 0. The van der Waals surface area contributed by atoms with Crippen LogP contribution >= 0.6 is 27.5 Å². The van der Waals surface area contributed by atoms with Crippen LogP contribution in [0, 0.1) is 5.41 Å². The first-order valence-electron chi connectivity index (χ1n) is 6.32. The van der Waals surface area contributed by atoms with Crippen molar-refractivity contribution in [3.63, 3.8) is 0 Å². The molecule has 0 radical (unpaired) electrons. The van der Waals surface area contributed by atoms with Crippen molar-refractivity contribution in [1.82, 2.24) is 5.32 Å². The highest BCUT2D eigenvalue weighted by atomic mass is 79.9. The molecule has 0 saturated carbocycles. The van der Waals surface area contributed by atoms with Crippen LogP contribution in [0.3, 0.4) is 0 Å². The molecular formula is C14H21BrClNO. The maximum absolute atomic E-state index is 9.50. The Morgan fingerprint density at radius 1 is 1.33 bits per heavy atom. The number of halogens is 2. The molecule has 0 unspecified atom stereocenters. The molecule has 1 rings (SSSR count). The molecule has 2 nitrogen and oxygen atoms in total. The minimum absolute atomic E-state index is 0.00109. The molecule has 0 spiro atoms. The van der Waals surface area contributed by atoms with Crippen molar-refractivity contribution in [3.8, 4) is 0 Å². The number of nitrogens with one attached hydrogen (secondary N) is 1. The molecule has 102 valence electrons. The van der Waals surface area contributed by atoms with Gasteiger partial charge in [-0.3, -0.25) is 0 Å². The second kappa shape index (κ2) is 7.49. The first-order chi connectivity index (χ1) is 8.56. The summed E-state index contributed by atoms with van der Waals surface area (Å²) in [5.41, 5.74) is 1.18. The standard InChI is InChI=1S/C14H21BrClNO/c1-3-14(4-2,10-18)9-17-8-11-5-6-12(16)7-13(11)15/h5-7,17-18H,3-4,8-10H2,1-2H3. The lowest BCUT2D eigenvalue weighted by Gasteiger charge is -2.29. The minimum Gasteiger partial charge on any atom is -0.396 e. The van der Waals surface area contributed by atoms with Gasteiger partial charge in [-0.15, -0.1) is 0 Å². The van der Waals surface area contributed by atoms with E-state index in [1.807, 2.05) is 18.2 Å². The topological polar surface area (TPSA) is 32.3 Å². The molecule has 2 N–H and O–H groups in total. The molecule has 0 heterocycles. The fourth-order valence-electron chi connectivity index (χ4n) is 1.91. The first-order valence-corrected chi connectivity index (χ1v) is 7.49. The van der Waals surface area contributed by atoms with Crippen molar-refractivity contribution in [2.75, 3.05) is 13.2 Å². The summed E-state index contributed by atoms with van der Waals surface area (Å²) in [6.07, 6.45) is 1.96. The zero-order chi connectivity index (χ0) is 13.6. The molecule has 0 atom stereocenters. The molecular weight excluding hydrogens is 314 g/mol. The van der Waals surface area contributed by atoms with Crippen molar-refractivity contribution < 1.29 is 5.11 Å². The normalized spacial score (nSPS) is 11.8. The van der Waals surface area contributed by atoms with Gasteiger partial charge in [-0.25, -0.2) is 0 Å². The molecule has 1 aromatic rings. The number of benzene rings is 1. The van der Waals surface area contributed by atoms with Crippen molar-refractivity contribution in [3.05, 3.63) is 33.3 Å². The van der Waals surface area contributed by atoms with Crippen LogP contribution in [0.15, 0.2) is 22.7 Å². The van der Waals surface area contributed by atoms with Gasteiger partial charge in [-0.2, -0.15) is 0 Å². The average Bonchev–Trinajstić information content (AvgIpc) is 2.38. The predicted molar refractivity (Wildman–Crippen MR) is 81.0 cm³/mol. The van der Waals surface area contributed by atoms with Gasteiger partial charge in [0.2, 0.25) is 0 Å². The molecule has 1 aromatic carbocycles. The van der Waals surface area contributed by atoms with Gasteiger partial charge in [-0.05, 0) is 30.5 Å². The van der Waals surface area contributed by atoms with Gasteiger partial charge in [-0.1, -0.05) is 47.4 Å². The highest BCUT2D eigenvalue weighted by Crippen LogP contribution is 2.25. The number of hydrogen-bond donors (Lipinski definition) is 2. The monoisotopic (exact) mass is 333 g/mol. The van der Waals surface area contributed by atoms with Crippen molar-refractivity contribution in [1.29, 1.82) is 0 Å². The Morgan fingerprint density at radius 3 is 2.50 bits per heavy atom. The first kappa shape index (κ1) is 16.0. The summed E-state index contributed by atoms with van der Waals surface area (Å²) >= 11 is 9.41. The Morgan fingerprint density at radius 2 is 2.00 bits per heavy atom. The van der Waals surface area contributed by atoms with Gasteiger partial charge in [0.25, 0.3) is 0 Å². The molecule has 0 aliphatic heterocycles. The van der Waals surface area contributed by atoms with Crippen LogP contribution in [0.25, 0.3) is 0 Å². The molecule has 0 aliphatic carbocycles. The molecule has 0 amide bonds. The number of aliphatic hydroxyl groups excluding tert-OH is 1. The number of rotatable bonds is 7. The second-order valence-electron chi connectivity index (χ2n) is 4.70. The highest BCUT2D eigenvalue weighted by molar-refractivity contribution is 9.10. The molecule has 0 fully saturated rings. The van der Waals surface area contributed by atoms with E-state index in [4.69, 9.17) is 11.6 Å². The Labute approximate surface area is 123 Å². The van der Waals surface area contributed by atoms with Crippen LogP contribution in [-0.4, -0.2) is 18.3 Å².